The second-order valence-corrected chi connectivity index (χ2v) is 5.43. The molecule has 22 heavy (non-hydrogen) atoms. The van der Waals surface area contributed by atoms with Crippen molar-refractivity contribution in [2.24, 2.45) is 0 Å². The van der Waals surface area contributed by atoms with Crippen LogP contribution in [0, 0.1) is 0 Å². The molecule has 2 heterocycles. The summed E-state index contributed by atoms with van der Waals surface area (Å²) in [4.78, 5) is 29.6. The lowest BCUT2D eigenvalue weighted by Gasteiger charge is -2.34. The van der Waals surface area contributed by atoms with E-state index in [0.29, 0.717) is 9.58 Å². The number of imide groups is 1. The normalized spacial score (nSPS) is 21.4. The first kappa shape index (κ1) is 14.8. The smallest absolute Gasteiger partial charge is 0.312 e. The Labute approximate surface area is 123 Å². The lowest BCUT2D eigenvalue weighted by Crippen LogP contribution is -2.45. The number of urea groups is 1. The van der Waals surface area contributed by atoms with Crippen molar-refractivity contribution in [1.29, 1.82) is 0 Å². The predicted octanol–water partition coefficient (Wildman–Crippen LogP) is 1.20. The molecule has 1 aliphatic carbocycles. The molecule has 1 aromatic heterocycles. The maximum absolute atomic E-state index is 13.2. The standard InChI is InChI=1S/C12H14F3N5O2/c13-12(14,15)9(20-7-16-6-17-20)4-19-10(21)5-18(11(19)22)8-2-1-3-8/h6-9H,1-5H2. The van der Waals surface area contributed by atoms with Gasteiger partial charge in [0.2, 0.25) is 5.91 Å². The third-order valence-corrected chi connectivity index (χ3v) is 4.09. The molecule has 1 aliphatic heterocycles. The van der Waals surface area contributed by atoms with Gasteiger partial charge in [0.1, 0.15) is 19.2 Å². The van der Waals surface area contributed by atoms with Gasteiger partial charge in [-0.15, -0.1) is 0 Å². The van der Waals surface area contributed by atoms with Crippen molar-refractivity contribution in [3.05, 3.63) is 12.7 Å². The first-order valence-corrected chi connectivity index (χ1v) is 6.89. The van der Waals surface area contributed by atoms with Crippen LogP contribution < -0.4 is 0 Å². The summed E-state index contributed by atoms with van der Waals surface area (Å²) in [5, 5.41) is 3.48. The maximum Gasteiger partial charge on any atom is 0.412 e. The van der Waals surface area contributed by atoms with Crippen molar-refractivity contribution >= 4 is 11.9 Å². The number of carbonyl (C=O) groups is 2. The van der Waals surface area contributed by atoms with E-state index in [0.717, 1.165) is 31.9 Å². The molecule has 2 aliphatic rings. The Morgan fingerprint density at radius 2 is 2.05 bits per heavy atom. The second-order valence-electron chi connectivity index (χ2n) is 5.43. The third-order valence-electron chi connectivity index (χ3n) is 4.09. The third kappa shape index (κ3) is 2.53. The van der Waals surface area contributed by atoms with Gasteiger partial charge in [-0.05, 0) is 19.3 Å². The van der Waals surface area contributed by atoms with Crippen LogP contribution >= 0.6 is 0 Å². The van der Waals surface area contributed by atoms with Crippen LogP contribution in [0.5, 0.6) is 0 Å². The Kier molecular flexibility index (Phi) is 3.53. The molecular formula is C12H14F3N5O2. The van der Waals surface area contributed by atoms with Crippen LogP contribution in [0.4, 0.5) is 18.0 Å². The van der Waals surface area contributed by atoms with Crippen molar-refractivity contribution < 1.29 is 22.8 Å². The lowest BCUT2D eigenvalue weighted by molar-refractivity contribution is -0.173. The lowest BCUT2D eigenvalue weighted by atomic mass is 9.92. The molecule has 1 saturated carbocycles. The average Bonchev–Trinajstić information content (AvgIpc) is 2.95. The number of halogens is 3. The first-order valence-electron chi connectivity index (χ1n) is 6.89. The fraction of sp³-hybridized carbons (Fsp3) is 0.667. The molecule has 1 unspecified atom stereocenters. The van der Waals surface area contributed by atoms with Gasteiger partial charge in [0.05, 0.1) is 6.54 Å². The van der Waals surface area contributed by atoms with Gasteiger partial charge < -0.3 is 4.90 Å². The Morgan fingerprint density at radius 3 is 2.55 bits per heavy atom. The largest absolute Gasteiger partial charge is 0.412 e. The van der Waals surface area contributed by atoms with E-state index in [9.17, 15) is 22.8 Å². The van der Waals surface area contributed by atoms with E-state index >= 15 is 0 Å². The Morgan fingerprint density at radius 1 is 1.32 bits per heavy atom. The van der Waals surface area contributed by atoms with Crippen molar-refractivity contribution in [3.8, 4) is 0 Å². The number of nitrogens with zero attached hydrogens (tertiary/aromatic N) is 5. The summed E-state index contributed by atoms with van der Waals surface area (Å²) in [5.74, 6) is -0.605. The highest BCUT2D eigenvalue weighted by Crippen LogP contribution is 2.33. The highest BCUT2D eigenvalue weighted by Gasteiger charge is 2.48. The minimum atomic E-state index is -4.64. The first-order chi connectivity index (χ1) is 10.4. The molecule has 1 saturated heterocycles. The summed E-state index contributed by atoms with van der Waals surface area (Å²) in [6.45, 7) is -0.931. The fourth-order valence-electron chi connectivity index (χ4n) is 2.61. The van der Waals surface area contributed by atoms with Gasteiger partial charge in [-0.3, -0.25) is 9.69 Å². The van der Waals surface area contributed by atoms with Crippen LogP contribution in [0.25, 0.3) is 0 Å². The predicted molar refractivity (Wildman–Crippen MR) is 66.6 cm³/mol. The summed E-state index contributed by atoms with van der Waals surface area (Å²) in [6.07, 6.45) is -0.192. The molecule has 10 heteroatoms. The molecule has 3 amide bonds. The van der Waals surface area contributed by atoms with Crippen molar-refractivity contribution in [1.82, 2.24) is 24.6 Å². The average molecular weight is 317 g/mol. The van der Waals surface area contributed by atoms with Crippen molar-refractivity contribution in [2.75, 3.05) is 13.1 Å². The van der Waals surface area contributed by atoms with Crippen molar-refractivity contribution in [3.63, 3.8) is 0 Å². The molecule has 3 rings (SSSR count). The summed E-state index contributed by atoms with van der Waals surface area (Å²) >= 11 is 0. The van der Waals surface area contributed by atoms with E-state index in [-0.39, 0.29) is 12.6 Å². The number of carbonyl (C=O) groups excluding carboxylic acids is 2. The number of hydrogen-bond acceptors (Lipinski definition) is 4. The zero-order valence-corrected chi connectivity index (χ0v) is 11.5. The summed E-state index contributed by atoms with van der Waals surface area (Å²) in [5.41, 5.74) is 0. The van der Waals surface area contributed by atoms with Crippen molar-refractivity contribution in [2.45, 2.75) is 37.5 Å². The number of amides is 3. The van der Waals surface area contributed by atoms with Gasteiger partial charge in [-0.2, -0.15) is 18.3 Å². The minimum Gasteiger partial charge on any atom is -0.312 e. The van der Waals surface area contributed by atoms with E-state index in [1.807, 2.05) is 0 Å². The van der Waals surface area contributed by atoms with Crippen LogP contribution in [0.3, 0.4) is 0 Å². The quantitative estimate of drug-likeness (QED) is 0.782. The fourth-order valence-corrected chi connectivity index (χ4v) is 2.61. The van der Waals surface area contributed by atoms with Gasteiger partial charge in [0, 0.05) is 6.04 Å². The number of rotatable bonds is 4. The topological polar surface area (TPSA) is 71.3 Å². The summed E-state index contributed by atoms with van der Waals surface area (Å²) in [7, 11) is 0. The number of hydrogen-bond donors (Lipinski definition) is 0. The Hall–Kier alpha value is -2.13. The Balaban J connectivity index is 1.78. The maximum atomic E-state index is 13.2. The number of alkyl halides is 3. The molecule has 1 atom stereocenters. The van der Waals surface area contributed by atoms with Crippen LogP contribution in [0.2, 0.25) is 0 Å². The minimum absolute atomic E-state index is 0.0304. The molecule has 120 valence electrons. The van der Waals surface area contributed by atoms with Gasteiger partial charge >= 0.3 is 12.2 Å². The molecule has 0 bridgehead atoms. The van der Waals surface area contributed by atoms with Gasteiger partial charge in [-0.1, -0.05) is 0 Å². The molecule has 0 spiro atoms. The molecule has 0 N–H and O–H groups in total. The van der Waals surface area contributed by atoms with E-state index < -0.39 is 30.7 Å². The summed E-state index contributed by atoms with van der Waals surface area (Å²) < 4.78 is 40.1. The van der Waals surface area contributed by atoms with Gasteiger partial charge in [0.15, 0.2) is 6.04 Å². The monoisotopic (exact) mass is 317 g/mol. The van der Waals surface area contributed by atoms with E-state index in [2.05, 4.69) is 10.1 Å². The summed E-state index contributed by atoms with van der Waals surface area (Å²) in [6, 6.07) is -2.77. The van der Waals surface area contributed by atoms with Gasteiger partial charge in [-0.25, -0.2) is 14.5 Å². The highest BCUT2D eigenvalue weighted by atomic mass is 19.4. The molecular weight excluding hydrogens is 303 g/mol. The molecule has 1 aromatic rings. The molecule has 0 aromatic carbocycles. The van der Waals surface area contributed by atoms with E-state index in [1.165, 1.54) is 4.90 Å². The molecule has 0 radical (unpaired) electrons. The van der Waals surface area contributed by atoms with Crippen LogP contribution in [-0.2, 0) is 4.79 Å². The highest BCUT2D eigenvalue weighted by molar-refractivity contribution is 6.02. The van der Waals surface area contributed by atoms with Crippen LogP contribution in [0.1, 0.15) is 25.3 Å². The Bertz CT molecular complexity index is 570. The van der Waals surface area contributed by atoms with Crippen LogP contribution in [0.15, 0.2) is 12.7 Å². The zero-order chi connectivity index (χ0) is 15.9. The zero-order valence-electron chi connectivity index (χ0n) is 11.5. The molecule has 2 fully saturated rings. The van der Waals surface area contributed by atoms with Crippen LogP contribution in [-0.4, -0.2) is 61.8 Å². The molecule has 7 nitrogen and oxygen atoms in total. The van der Waals surface area contributed by atoms with E-state index in [4.69, 9.17) is 0 Å². The second kappa shape index (κ2) is 5.25. The SMILES string of the molecule is O=C1CN(C2CCC2)C(=O)N1CC(n1cncn1)C(F)(F)F. The number of aromatic nitrogens is 3. The van der Waals surface area contributed by atoms with Gasteiger partial charge in [0.25, 0.3) is 0 Å². The van der Waals surface area contributed by atoms with E-state index in [1.54, 1.807) is 0 Å².